The number of hydrogen-bond donors (Lipinski definition) is 1. The monoisotopic (exact) mass is 326 g/mol. The van der Waals surface area contributed by atoms with Crippen molar-refractivity contribution in [3.05, 3.63) is 65.7 Å². The number of nitrogens with zero attached hydrogens (tertiary/aromatic N) is 1. The molecule has 0 saturated heterocycles. The number of thioether (sulfide) groups is 1. The zero-order chi connectivity index (χ0) is 16.7. The van der Waals surface area contributed by atoms with E-state index < -0.39 is 0 Å². The third kappa shape index (κ3) is 5.91. The van der Waals surface area contributed by atoms with Crippen molar-refractivity contribution < 1.29 is 4.79 Å². The van der Waals surface area contributed by atoms with Gasteiger partial charge in [0.05, 0.1) is 12.0 Å². The first-order chi connectivity index (χ1) is 10.9. The van der Waals surface area contributed by atoms with Gasteiger partial charge in [0, 0.05) is 4.90 Å². The van der Waals surface area contributed by atoms with E-state index in [0.29, 0.717) is 5.75 Å². The van der Waals surface area contributed by atoms with Crippen LogP contribution in [0, 0.1) is 0 Å². The highest BCUT2D eigenvalue weighted by Crippen LogP contribution is 2.21. The summed E-state index contributed by atoms with van der Waals surface area (Å²) >= 11 is 1.49. The van der Waals surface area contributed by atoms with Gasteiger partial charge in [-0.1, -0.05) is 63.2 Å². The normalized spacial score (nSPS) is 11.6. The Balaban J connectivity index is 1.80. The molecule has 1 N–H and O–H groups in total. The van der Waals surface area contributed by atoms with E-state index in [2.05, 4.69) is 43.4 Å². The van der Waals surface area contributed by atoms with Crippen LogP contribution in [-0.2, 0) is 10.2 Å². The summed E-state index contributed by atoms with van der Waals surface area (Å²) in [4.78, 5) is 12.8. The smallest absolute Gasteiger partial charge is 0.250 e. The summed E-state index contributed by atoms with van der Waals surface area (Å²) in [5, 5.41) is 4.01. The average Bonchev–Trinajstić information content (AvgIpc) is 2.53. The molecule has 0 fully saturated rings. The van der Waals surface area contributed by atoms with Gasteiger partial charge in [-0.3, -0.25) is 4.79 Å². The lowest BCUT2D eigenvalue weighted by atomic mass is 9.87. The molecule has 2 aromatic rings. The van der Waals surface area contributed by atoms with Gasteiger partial charge in [0.1, 0.15) is 0 Å². The van der Waals surface area contributed by atoms with Crippen LogP contribution < -0.4 is 5.43 Å². The summed E-state index contributed by atoms with van der Waals surface area (Å²) in [5.41, 5.74) is 4.94. The number of hydrogen-bond acceptors (Lipinski definition) is 3. The molecular formula is C19H22N2OS. The van der Waals surface area contributed by atoms with Crippen molar-refractivity contribution in [3.63, 3.8) is 0 Å². The molecule has 0 spiro atoms. The Hall–Kier alpha value is -2.07. The van der Waals surface area contributed by atoms with E-state index in [1.807, 2.05) is 42.5 Å². The second kappa shape index (κ2) is 7.97. The fraction of sp³-hybridized carbons (Fsp3) is 0.263. The molecule has 4 heteroatoms. The molecule has 23 heavy (non-hydrogen) atoms. The van der Waals surface area contributed by atoms with Gasteiger partial charge in [0.15, 0.2) is 0 Å². The van der Waals surface area contributed by atoms with E-state index in [9.17, 15) is 4.79 Å². The summed E-state index contributed by atoms with van der Waals surface area (Å²) in [6.07, 6.45) is 1.66. The van der Waals surface area contributed by atoms with Crippen LogP contribution in [-0.4, -0.2) is 17.9 Å². The van der Waals surface area contributed by atoms with Crippen molar-refractivity contribution in [1.29, 1.82) is 0 Å². The van der Waals surface area contributed by atoms with Gasteiger partial charge >= 0.3 is 0 Å². The minimum Gasteiger partial charge on any atom is -0.272 e. The quantitative estimate of drug-likeness (QED) is 0.507. The van der Waals surface area contributed by atoms with E-state index in [0.717, 1.165) is 10.5 Å². The minimum absolute atomic E-state index is 0.110. The molecule has 1 amide bonds. The van der Waals surface area contributed by atoms with Crippen LogP contribution in [0.3, 0.4) is 0 Å². The number of carbonyl (C=O) groups excluding carboxylic acids is 1. The Morgan fingerprint density at radius 3 is 2.35 bits per heavy atom. The fourth-order valence-electron chi connectivity index (χ4n) is 1.95. The first-order valence-corrected chi connectivity index (χ1v) is 8.54. The number of rotatable bonds is 5. The van der Waals surface area contributed by atoms with Crippen LogP contribution >= 0.6 is 11.8 Å². The number of amides is 1. The lowest BCUT2D eigenvalue weighted by Crippen LogP contribution is -2.19. The molecule has 2 rings (SSSR count). The summed E-state index contributed by atoms with van der Waals surface area (Å²) in [7, 11) is 0. The molecule has 0 heterocycles. The van der Waals surface area contributed by atoms with Crippen molar-refractivity contribution in [2.45, 2.75) is 31.1 Å². The standard InChI is InChI=1S/C19H22N2OS/c1-19(2,3)16-11-9-15(10-12-16)13-20-21-18(22)14-23-17-7-5-4-6-8-17/h4-13H,14H2,1-3H3,(H,21,22)/b20-13-. The molecule has 0 saturated carbocycles. The molecule has 0 radical (unpaired) electrons. The van der Waals surface area contributed by atoms with Crippen LogP contribution in [0.15, 0.2) is 64.6 Å². The third-order valence-corrected chi connectivity index (χ3v) is 4.30. The molecule has 0 aliphatic heterocycles. The van der Waals surface area contributed by atoms with Gasteiger partial charge in [-0.05, 0) is 28.7 Å². The Labute approximate surface area is 142 Å². The highest BCUT2D eigenvalue weighted by molar-refractivity contribution is 8.00. The highest BCUT2D eigenvalue weighted by Gasteiger charge is 2.12. The highest BCUT2D eigenvalue weighted by atomic mass is 32.2. The molecule has 0 aliphatic carbocycles. The Kier molecular flexibility index (Phi) is 5.99. The van der Waals surface area contributed by atoms with Crippen LogP contribution in [0.4, 0.5) is 0 Å². The predicted octanol–water partition coefficient (Wildman–Crippen LogP) is 4.23. The maximum absolute atomic E-state index is 11.7. The third-order valence-electron chi connectivity index (χ3n) is 3.29. The molecule has 0 unspecified atom stereocenters. The fourth-order valence-corrected chi connectivity index (χ4v) is 2.66. The minimum atomic E-state index is -0.110. The van der Waals surface area contributed by atoms with Crippen LogP contribution in [0.5, 0.6) is 0 Å². The van der Waals surface area contributed by atoms with Gasteiger partial charge in [0.2, 0.25) is 5.91 Å². The Bertz CT molecular complexity index is 658. The summed E-state index contributed by atoms with van der Waals surface area (Å²) in [6, 6.07) is 18.0. The lowest BCUT2D eigenvalue weighted by molar-refractivity contribution is -0.118. The number of hydrazone groups is 1. The van der Waals surface area contributed by atoms with Crippen molar-refractivity contribution >= 4 is 23.9 Å². The van der Waals surface area contributed by atoms with Crippen molar-refractivity contribution in [2.24, 2.45) is 5.10 Å². The van der Waals surface area contributed by atoms with E-state index in [4.69, 9.17) is 0 Å². The zero-order valence-corrected chi connectivity index (χ0v) is 14.6. The van der Waals surface area contributed by atoms with Gasteiger partial charge in [-0.2, -0.15) is 5.10 Å². The molecule has 0 aromatic heterocycles. The van der Waals surface area contributed by atoms with E-state index in [1.165, 1.54) is 17.3 Å². The SMILES string of the molecule is CC(C)(C)c1ccc(/C=N\NC(=O)CSc2ccccc2)cc1. The van der Waals surface area contributed by atoms with Crippen molar-refractivity contribution in [3.8, 4) is 0 Å². The van der Waals surface area contributed by atoms with Crippen molar-refractivity contribution in [1.82, 2.24) is 5.43 Å². The second-order valence-corrected chi connectivity index (χ2v) is 7.32. The predicted molar refractivity (Wildman–Crippen MR) is 98.0 cm³/mol. The summed E-state index contributed by atoms with van der Waals surface area (Å²) in [5.74, 6) is 0.242. The van der Waals surface area contributed by atoms with E-state index in [-0.39, 0.29) is 11.3 Å². The number of benzene rings is 2. The Morgan fingerprint density at radius 2 is 1.74 bits per heavy atom. The van der Waals surface area contributed by atoms with Crippen LogP contribution in [0.2, 0.25) is 0 Å². The first-order valence-electron chi connectivity index (χ1n) is 7.55. The first kappa shape index (κ1) is 17.3. The topological polar surface area (TPSA) is 41.5 Å². The largest absolute Gasteiger partial charge is 0.272 e. The van der Waals surface area contributed by atoms with Gasteiger partial charge in [-0.25, -0.2) is 5.43 Å². The van der Waals surface area contributed by atoms with E-state index in [1.54, 1.807) is 6.21 Å². The molecule has 3 nitrogen and oxygen atoms in total. The second-order valence-electron chi connectivity index (χ2n) is 6.27. The average molecular weight is 326 g/mol. The summed E-state index contributed by atoms with van der Waals surface area (Å²) in [6.45, 7) is 6.54. The molecule has 0 bridgehead atoms. The maximum atomic E-state index is 11.7. The molecule has 120 valence electrons. The molecule has 0 atom stereocenters. The van der Waals surface area contributed by atoms with E-state index >= 15 is 0 Å². The lowest BCUT2D eigenvalue weighted by Gasteiger charge is -2.18. The number of nitrogens with one attached hydrogen (secondary N) is 1. The summed E-state index contributed by atoms with van der Waals surface area (Å²) < 4.78 is 0. The van der Waals surface area contributed by atoms with Gasteiger partial charge in [-0.15, -0.1) is 11.8 Å². The maximum Gasteiger partial charge on any atom is 0.250 e. The van der Waals surface area contributed by atoms with Crippen LogP contribution in [0.25, 0.3) is 0 Å². The van der Waals surface area contributed by atoms with Gasteiger partial charge < -0.3 is 0 Å². The van der Waals surface area contributed by atoms with Gasteiger partial charge in [0.25, 0.3) is 0 Å². The molecular weight excluding hydrogens is 304 g/mol. The molecule has 0 aliphatic rings. The van der Waals surface area contributed by atoms with Crippen LogP contribution in [0.1, 0.15) is 31.9 Å². The Morgan fingerprint density at radius 1 is 1.09 bits per heavy atom. The zero-order valence-electron chi connectivity index (χ0n) is 13.7. The molecule has 2 aromatic carbocycles. The van der Waals surface area contributed by atoms with Crippen molar-refractivity contribution in [2.75, 3.05) is 5.75 Å². The number of carbonyl (C=O) groups is 1.